The molecule has 0 aliphatic carbocycles. The maximum Gasteiger partial charge on any atom is 0.296 e. The minimum absolute atomic E-state index is 0.0148. The highest BCUT2D eigenvalue weighted by Crippen LogP contribution is 2.56. The second kappa shape index (κ2) is 19.9. The lowest BCUT2D eigenvalue weighted by atomic mass is 10.1. The molecule has 0 unspecified atom stereocenters. The lowest BCUT2D eigenvalue weighted by molar-refractivity contribution is 0.101. The molecule has 0 radical (unpaired) electrons. The Kier molecular flexibility index (Phi) is 15.0. The number of hydrogen-bond acceptors (Lipinski definition) is 18. The number of carbonyl (C=O) groups is 2. The number of anilines is 2. The molecule has 378 valence electrons. The lowest BCUT2D eigenvalue weighted by Gasteiger charge is -2.23. The normalized spacial score (nSPS) is 13.1. The van der Waals surface area contributed by atoms with Gasteiger partial charge in [0.25, 0.3) is 32.1 Å². The predicted molar refractivity (Wildman–Crippen MR) is 271 cm³/mol. The smallest absolute Gasteiger partial charge is 0.296 e. The Hall–Kier alpha value is -5.76. The van der Waals surface area contributed by atoms with Crippen molar-refractivity contribution in [3.63, 3.8) is 0 Å². The Morgan fingerprint density at radius 3 is 1.49 bits per heavy atom. The molecule has 22 nitrogen and oxygen atoms in total. The third-order valence-corrected chi connectivity index (χ3v) is 15.2. The molecule has 0 aliphatic heterocycles. The third-order valence-electron chi connectivity index (χ3n) is 10.3. The van der Waals surface area contributed by atoms with E-state index < -0.39 is 118 Å². The van der Waals surface area contributed by atoms with Gasteiger partial charge in [0.05, 0.1) is 63.6 Å². The van der Waals surface area contributed by atoms with Crippen molar-refractivity contribution in [2.24, 2.45) is 20.5 Å². The topological polar surface area (TPSA) is 378 Å². The number of nitrogens with one attached hydrogen (secondary N) is 2. The summed E-state index contributed by atoms with van der Waals surface area (Å²) in [4.78, 5) is 23.4. The Morgan fingerprint density at radius 2 is 1.00 bits per heavy atom. The SMILES string of the molecule is Cc1cc(N=Nc2c(S(=O)(=O)O)cc3cc(S(O)(O)O)cc(NC(=O)c4cccc(Cl)c4Cl)c3c2O)c(C)cc1N=Nc1c(S(O)(O)O)cc2cc(S(=O)(=O)O)cc(NC(=O)c3ccc(Cl)cc3Cl)c2c1O. The summed E-state index contributed by atoms with van der Waals surface area (Å²) in [5.74, 6) is -3.92. The van der Waals surface area contributed by atoms with Crippen molar-refractivity contribution in [2.75, 3.05) is 10.6 Å². The first-order valence-corrected chi connectivity index (χ1v) is 26.8. The van der Waals surface area contributed by atoms with Crippen LogP contribution in [0.5, 0.6) is 11.5 Å². The van der Waals surface area contributed by atoms with Gasteiger partial charge in [-0.3, -0.25) is 18.7 Å². The maximum atomic E-state index is 13.4. The first kappa shape index (κ1) is 54.0. The van der Waals surface area contributed by atoms with Crippen molar-refractivity contribution in [1.29, 1.82) is 0 Å². The fraction of sp³-hybridized carbons (Fsp3) is 0.0476. The van der Waals surface area contributed by atoms with Gasteiger partial charge in [0, 0.05) is 15.8 Å². The number of azo groups is 2. The molecule has 0 fully saturated rings. The van der Waals surface area contributed by atoms with Gasteiger partial charge in [0.1, 0.15) is 38.0 Å². The molecule has 0 bridgehead atoms. The summed E-state index contributed by atoms with van der Waals surface area (Å²) in [6, 6.07) is 15.4. The zero-order chi connectivity index (χ0) is 53.2. The van der Waals surface area contributed by atoms with E-state index in [1.165, 1.54) is 62.4 Å². The molecule has 7 aromatic carbocycles. The molecule has 7 rings (SSSR count). The zero-order valence-corrected chi connectivity index (χ0v) is 42.2. The fourth-order valence-corrected chi connectivity index (χ4v) is 10.3. The summed E-state index contributed by atoms with van der Waals surface area (Å²) in [5, 5.41) is 42.5. The molecule has 2 amide bonds. The lowest BCUT2D eigenvalue weighted by Crippen LogP contribution is -2.13. The zero-order valence-electron chi connectivity index (χ0n) is 35.9. The van der Waals surface area contributed by atoms with Gasteiger partial charge in [0.2, 0.25) is 0 Å². The molecule has 0 atom stereocenters. The summed E-state index contributed by atoms with van der Waals surface area (Å²) in [5.41, 5.74) is -2.58. The van der Waals surface area contributed by atoms with Crippen molar-refractivity contribution >= 4 is 156 Å². The Balaban J connectivity index is 1.32. The van der Waals surface area contributed by atoms with Crippen LogP contribution in [-0.4, -0.2) is 75.3 Å². The average Bonchev–Trinajstić information content (AvgIpc) is 3.25. The number of aromatic hydroxyl groups is 2. The number of amides is 2. The molecule has 0 spiro atoms. The van der Waals surface area contributed by atoms with E-state index in [9.17, 15) is 73.1 Å². The Labute approximate surface area is 429 Å². The van der Waals surface area contributed by atoms with Crippen LogP contribution in [0.25, 0.3) is 21.5 Å². The van der Waals surface area contributed by atoms with Crippen molar-refractivity contribution < 1.29 is 73.1 Å². The quantitative estimate of drug-likeness (QED) is 0.0399. The number of halogens is 4. The molecular weight excluding hydrogens is 1110 g/mol. The highest BCUT2D eigenvalue weighted by molar-refractivity contribution is 8.19. The fourth-order valence-electron chi connectivity index (χ4n) is 6.96. The van der Waals surface area contributed by atoms with Gasteiger partial charge in [-0.05, 0) is 115 Å². The van der Waals surface area contributed by atoms with Crippen LogP contribution in [0.2, 0.25) is 20.1 Å². The third kappa shape index (κ3) is 11.2. The van der Waals surface area contributed by atoms with Gasteiger partial charge in [-0.25, -0.2) is 0 Å². The van der Waals surface area contributed by atoms with E-state index in [1.54, 1.807) is 0 Å². The molecule has 7 aromatic rings. The summed E-state index contributed by atoms with van der Waals surface area (Å²) in [6.07, 6.45) is 0. The molecule has 0 saturated heterocycles. The van der Waals surface area contributed by atoms with Crippen LogP contribution in [-0.2, 0) is 20.2 Å². The van der Waals surface area contributed by atoms with Gasteiger partial charge < -0.3 is 48.2 Å². The molecule has 0 aliphatic rings. The molecule has 12 N–H and O–H groups in total. The van der Waals surface area contributed by atoms with Crippen molar-refractivity contribution in [3.8, 4) is 11.5 Å². The molecule has 0 saturated carbocycles. The first-order valence-electron chi connectivity index (χ1n) is 19.5. The molecule has 0 heterocycles. The minimum Gasteiger partial charge on any atom is -0.505 e. The summed E-state index contributed by atoms with van der Waals surface area (Å²) in [6.45, 7) is 2.92. The molecular formula is C42H32Cl4N6O16S4. The van der Waals surface area contributed by atoms with Crippen molar-refractivity contribution in [2.45, 2.75) is 33.4 Å². The monoisotopic (exact) mass is 1140 g/mol. The Bertz CT molecular complexity index is 3780. The van der Waals surface area contributed by atoms with Gasteiger partial charge in [-0.1, -0.05) is 52.5 Å². The number of aryl methyl sites for hydroxylation is 2. The highest BCUT2D eigenvalue weighted by atomic mass is 35.5. The van der Waals surface area contributed by atoms with Gasteiger partial charge in [-0.2, -0.15) is 27.1 Å². The van der Waals surface area contributed by atoms with Crippen LogP contribution in [0.15, 0.2) is 125 Å². The number of phenolic OH excluding ortho intramolecular Hbond substituents is 2. The second-order valence-electron chi connectivity index (χ2n) is 15.2. The van der Waals surface area contributed by atoms with E-state index >= 15 is 0 Å². The number of carbonyl (C=O) groups excluding carboxylic acids is 2. The van der Waals surface area contributed by atoms with Crippen LogP contribution in [0.1, 0.15) is 31.8 Å². The van der Waals surface area contributed by atoms with Crippen molar-refractivity contribution in [1.82, 2.24) is 0 Å². The van der Waals surface area contributed by atoms with Crippen LogP contribution in [0.4, 0.5) is 34.1 Å². The number of benzene rings is 7. The number of rotatable bonds is 12. The summed E-state index contributed by atoms with van der Waals surface area (Å²) >= 11 is 24.4. The number of fused-ring (bicyclic) bond motifs is 2. The molecule has 72 heavy (non-hydrogen) atoms. The van der Waals surface area contributed by atoms with E-state index in [0.29, 0.717) is 0 Å². The first-order chi connectivity index (χ1) is 33.3. The van der Waals surface area contributed by atoms with E-state index in [1.807, 2.05) is 0 Å². The van der Waals surface area contributed by atoms with E-state index in [0.717, 1.165) is 36.4 Å². The molecule has 0 aromatic heterocycles. The number of phenols is 2. The van der Waals surface area contributed by atoms with Crippen molar-refractivity contribution in [3.05, 3.63) is 127 Å². The van der Waals surface area contributed by atoms with Crippen LogP contribution in [0.3, 0.4) is 0 Å². The summed E-state index contributed by atoms with van der Waals surface area (Å²) < 4.78 is 132. The standard InChI is InChI=1S/C42H32Cl4N6O16S4/c1-17-9-29(50-52-38-33(72(66,67)68)13-20-11-23(70(60,61)62)16-31(35(20)40(38)54)48-42(56)25-4-3-5-26(44)36(25)46)18(2)8-28(17)49-51-37-32(71(63,64)65)12-19-10-22(69(57,58)59)15-30(34(19)39(37)53)47-41(55)24-7-6-21(43)14-27(24)45/h3-16,53-54,60-65H,1-2H3,(H,47,55)(H,48,56)(H,57,58,59)(H,66,67,68). The molecule has 30 heteroatoms. The second-order valence-corrected chi connectivity index (χ2v) is 22.7. The predicted octanol–water partition coefficient (Wildman–Crippen LogP) is 13.6. The minimum atomic E-state index is -5.29. The number of hydrogen-bond donors (Lipinski definition) is 12. The van der Waals surface area contributed by atoms with Gasteiger partial charge in [-0.15, -0.1) is 10.2 Å². The summed E-state index contributed by atoms with van der Waals surface area (Å²) in [7, 11) is -19.7. The maximum absolute atomic E-state index is 13.4. The van der Waals surface area contributed by atoms with E-state index in [4.69, 9.17) is 46.4 Å². The van der Waals surface area contributed by atoms with Crippen LogP contribution in [0, 0.1) is 13.8 Å². The largest absolute Gasteiger partial charge is 0.505 e. The highest BCUT2D eigenvalue weighted by Gasteiger charge is 2.30. The number of nitrogens with zero attached hydrogens (tertiary/aromatic N) is 4. The van der Waals surface area contributed by atoms with Crippen LogP contribution < -0.4 is 10.6 Å². The van der Waals surface area contributed by atoms with Gasteiger partial charge in [0.15, 0.2) is 11.5 Å². The van der Waals surface area contributed by atoms with Gasteiger partial charge >= 0.3 is 0 Å². The van der Waals surface area contributed by atoms with E-state index in [-0.39, 0.29) is 64.5 Å². The average molecular weight is 1150 g/mol. The Morgan fingerprint density at radius 1 is 0.514 bits per heavy atom. The van der Waals surface area contributed by atoms with Crippen LogP contribution >= 0.6 is 68.1 Å². The van der Waals surface area contributed by atoms with E-state index in [2.05, 4.69) is 31.1 Å².